The van der Waals surface area contributed by atoms with Crippen LogP contribution in [0.4, 0.5) is 0 Å². The first-order chi connectivity index (χ1) is 9.01. The van der Waals surface area contributed by atoms with E-state index >= 15 is 0 Å². The van der Waals surface area contributed by atoms with Gasteiger partial charge in [-0.3, -0.25) is 4.79 Å². The summed E-state index contributed by atoms with van der Waals surface area (Å²) in [6, 6.07) is 4.18. The van der Waals surface area contributed by atoms with Crippen molar-refractivity contribution in [3.8, 4) is 5.75 Å². The minimum atomic E-state index is -0.0204. The largest absolute Gasteiger partial charge is 0.496 e. The first-order valence-corrected chi connectivity index (χ1v) is 6.73. The number of amides is 1. The highest BCUT2D eigenvalue weighted by Crippen LogP contribution is 2.25. The molecule has 19 heavy (non-hydrogen) atoms. The number of benzene rings is 1. The van der Waals surface area contributed by atoms with Crippen molar-refractivity contribution in [2.45, 2.75) is 45.2 Å². The number of aryl methyl sites for hydroxylation is 2. The molecule has 1 aromatic carbocycles. The molecule has 0 bridgehead atoms. The van der Waals surface area contributed by atoms with Gasteiger partial charge in [0, 0.05) is 17.6 Å². The fourth-order valence-electron chi connectivity index (χ4n) is 2.82. The normalized spacial score (nSPS) is 22.3. The molecule has 1 aliphatic carbocycles. The van der Waals surface area contributed by atoms with Crippen molar-refractivity contribution in [2.24, 2.45) is 5.73 Å². The molecule has 1 amide bonds. The van der Waals surface area contributed by atoms with E-state index in [4.69, 9.17) is 10.5 Å². The standard InChI is InChI=1S/C15H22N2O2/c1-9-6-11(7-10(2)14(9)19-3)15(18)17-13-5-4-12(16)8-13/h6-7,12-13H,4-5,8,16H2,1-3H3,(H,17,18). The van der Waals surface area contributed by atoms with E-state index in [1.165, 1.54) is 0 Å². The zero-order chi connectivity index (χ0) is 14.0. The molecule has 3 N–H and O–H groups in total. The van der Waals surface area contributed by atoms with Crippen molar-refractivity contribution in [1.29, 1.82) is 0 Å². The second kappa shape index (κ2) is 5.61. The van der Waals surface area contributed by atoms with Crippen molar-refractivity contribution >= 4 is 5.91 Å². The van der Waals surface area contributed by atoms with E-state index in [0.717, 1.165) is 36.1 Å². The topological polar surface area (TPSA) is 64.3 Å². The highest BCUT2D eigenvalue weighted by Gasteiger charge is 2.23. The molecule has 4 nitrogen and oxygen atoms in total. The molecule has 1 aromatic rings. The Kier molecular flexibility index (Phi) is 4.10. The maximum Gasteiger partial charge on any atom is 0.251 e. The third-order valence-electron chi connectivity index (χ3n) is 3.74. The molecule has 0 saturated heterocycles. The highest BCUT2D eigenvalue weighted by molar-refractivity contribution is 5.95. The number of hydrogen-bond acceptors (Lipinski definition) is 3. The average Bonchev–Trinajstić information content (AvgIpc) is 2.74. The predicted octanol–water partition coefficient (Wildman–Crippen LogP) is 1.92. The van der Waals surface area contributed by atoms with Crippen molar-refractivity contribution in [3.05, 3.63) is 28.8 Å². The number of ether oxygens (including phenoxy) is 1. The van der Waals surface area contributed by atoms with Gasteiger partial charge in [0.05, 0.1) is 7.11 Å². The van der Waals surface area contributed by atoms with Gasteiger partial charge in [-0.05, 0) is 56.4 Å². The van der Waals surface area contributed by atoms with Crippen LogP contribution in [-0.2, 0) is 0 Å². The van der Waals surface area contributed by atoms with Gasteiger partial charge in [0.2, 0.25) is 0 Å². The lowest BCUT2D eigenvalue weighted by atomic mass is 10.0. The lowest BCUT2D eigenvalue weighted by Crippen LogP contribution is -2.34. The summed E-state index contributed by atoms with van der Waals surface area (Å²) in [7, 11) is 1.65. The molecule has 0 aliphatic heterocycles. The van der Waals surface area contributed by atoms with Gasteiger partial charge in [-0.2, -0.15) is 0 Å². The Hall–Kier alpha value is -1.55. The van der Waals surface area contributed by atoms with Crippen LogP contribution in [-0.4, -0.2) is 25.1 Å². The maximum atomic E-state index is 12.2. The second-order valence-corrected chi connectivity index (χ2v) is 5.39. The monoisotopic (exact) mass is 262 g/mol. The van der Waals surface area contributed by atoms with Crippen LogP contribution in [0.2, 0.25) is 0 Å². The van der Waals surface area contributed by atoms with Crippen LogP contribution in [0.1, 0.15) is 40.7 Å². The molecule has 2 rings (SSSR count). The van der Waals surface area contributed by atoms with E-state index in [2.05, 4.69) is 5.32 Å². The molecule has 0 spiro atoms. The quantitative estimate of drug-likeness (QED) is 0.874. The van der Waals surface area contributed by atoms with E-state index in [-0.39, 0.29) is 18.0 Å². The molecule has 1 fully saturated rings. The summed E-state index contributed by atoms with van der Waals surface area (Å²) in [5.74, 6) is 0.826. The van der Waals surface area contributed by atoms with E-state index in [1.807, 2.05) is 26.0 Å². The smallest absolute Gasteiger partial charge is 0.251 e. The summed E-state index contributed by atoms with van der Waals surface area (Å²) in [5, 5.41) is 3.06. The van der Waals surface area contributed by atoms with Crippen LogP contribution in [0.3, 0.4) is 0 Å². The van der Waals surface area contributed by atoms with E-state index in [9.17, 15) is 4.79 Å². The summed E-state index contributed by atoms with van der Waals surface area (Å²) < 4.78 is 5.31. The number of carbonyl (C=O) groups excluding carboxylic acids is 1. The number of hydrogen-bond donors (Lipinski definition) is 2. The van der Waals surface area contributed by atoms with Crippen LogP contribution >= 0.6 is 0 Å². The van der Waals surface area contributed by atoms with Crippen molar-refractivity contribution < 1.29 is 9.53 Å². The van der Waals surface area contributed by atoms with E-state index in [0.29, 0.717) is 5.56 Å². The summed E-state index contributed by atoms with van der Waals surface area (Å²) in [5.41, 5.74) is 8.51. The lowest BCUT2D eigenvalue weighted by Gasteiger charge is -2.15. The van der Waals surface area contributed by atoms with Gasteiger partial charge in [0.15, 0.2) is 0 Å². The van der Waals surface area contributed by atoms with Gasteiger partial charge in [-0.25, -0.2) is 0 Å². The Morgan fingerprint density at radius 1 is 1.32 bits per heavy atom. The Bertz CT molecular complexity index is 462. The number of methoxy groups -OCH3 is 1. The van der Waals surface area contributed by atoms with Crippen LogP contribution in [0.15, 0.2) is 12.1 Å². The average molecular weight is 262 g/mol. The van der Waals surface area contributed by atoms with Crippen molar-refractivity contribution in [2.75, 3.05) is 7.11 Å². The Morgan fingerprint density at radius 2 is 1.95 bits per heavy atom. The van der Waals surface area contributed by atoms with Crippen LogP contribution in [0.5, 0.6) is 5.75 Å². The summed E-state index contributed by atoms with van der Waals surface area (Å²) in [6.07, 6.45) is 2.84. The predicted molar refractivity (Wildman–Crippen MR) is 75.5 cm³/mol. The third kappa shape index (κ3) is 3.07. The summed E-state index contributed by atoms with van der Waals surface area (Å²) in [4.78, 5) is 12.2. The van der Waals surface area contributed by atoms with Gasteiger partial charge in [-0.15, -0.1) is 0 Å². The van der Waals surface area contributed by atoms with E-state index < -0.39 is 0 Å². The van der Waals surface area contributed by atoms with Crippen LogP contribution < -0.4 is 15.8 Å². The zero-order valence-corrected chi connectivity index (χ0v) is 11.8. The Labute approximate surface area is 114 Å². The molecule has 1 saturated carbocycles. The van der Waals surface area contributed by atoms with Gasteiger partial charge in [-0.1, -0.05) is 0 Å². The van der Waals surface area contributed by atoms with Gasteiger partial charge < -0.3 is 15.8 Å². The summed E-state index contributed by atoms with van der Waals surface area (Å²) in [6.45, 7) is 3.90. The van der Waals surface area contributed by atoms with Crippen molar-refractivity contribution in [1.82, 2.24) is 5.32 Å². The fourth-order valence-corrected chi connectivity index (χ4v) is 2.82. The SMILES string of the molecule is COc1c(C)cc(C(=O)NC2CCC(N)C2)cc1C. The number of nitrogens with two attached hydrogens (primary N) is 1. The lowest BCUT2D eigenvalue weighted by molar-refractivity contribution is 0.0937. The molecule has 2 atom stereocenters. The fraction of sp³-hybridized carbons (Fsp3) is 0.533. The summed E-state index contributed by atoms with van der Waals surface area (Å²) >= 11 is 0. The third-order valence-corrected chi connectivity index (χ3v) is 3.74. The first kappa shape index (κ1) is 13.9. The van der Waals surface area contributed by atoms with Crippen molar-refractivity contribution in [3.63, 3.8) is 0 Å². The minimum Gasteiger partial charge on any atom is -0.496 e. The molecule has 1 aliphatic rings. The highest BCUT2D eigenvalue weighted by atomic mass is 16.5. The molecule has 104 valence electrons. The molecule has 0 radical (unpaired) electrons. The molecular weight excluding hydrogens is 240 g/mol. The minimum absolute atomic E-state index is 0.0204. The second-order valence-electron chi connectivity index (χ2n) is 5.39. The first-order valence-electron chi connectivity index (χ1n) is 6.73. The molecule has 4 heteroatoms. The molecular formula is C15H22N2O2. The Balaban J connectivity index is 2.11. The number of carbonyl (C=O) groups is 1. The van der Waals surface area contributed by atoms with Crippen LogP contribution in [0, 0.1) is 13.8 Å². The van der Waals surface area contributed by atoms with E-state index in [1.54, 1.807) is 7.11 Å². The van der Waals surface area contributed by atoms with Crippen LogP contribution in [0.25, 0.3) is 0 Å². The van der Waals surface area contributed by atoms with Gasteiger partial charge in [0.1, 0.15) is 5.75 Å². The van der Waals surface area contributed by atoms with Gasteiger partial charge in [0.25, 0.3) is 5.91 Å². The number of nitrogens with one attached hydrogen (secondary N) is 1. The maximum absolute atomic E-state index is 12.2. The Morgan fingerprint density at radius 3 is 2.42 bits per heavy atom. The van der Waals surface area contributed by atoms with Gasteiger partial charge >= 0.3 is 0 Å². The number of rotatable bonds is 3. The molecule has 0 heterocycles. The molecule has 2 unspecified atom stereocenters. The zero-order valence-electron chi connectivity index (χ0n) is 11.8. The molecule has 0 aromatic heterocycles.